The number of fused-ring (bicyclic) bond motifs is 3. The van der Waals surface area contributed by atoms with Crippen molar-refractivity contribution in [3.63, 3.8) is 0 Å². The molecule has 2 aromatic rings. The van der Waals surface area contributed by atoms with Crippen LogP contribution < -0.4 is 16.0 Å². The molecule has 7 N–H and O–H groups in total. The maximum Gasteiger partial charge on any atom is 0.255 e. The number of benzene rings is 2. The van der Waals surface area contributed by atoms with E-state index >= 15 is 0 Å². The Morgan fingerprint density at radius 2 is 1.73 bits per heavy atom. The number of rotatable bonds is 9. The number of hydrogen-bond donors (Lipinski definition) is 6. The Morgan fingerprint density at radius 3 is 2.33 bits per heavy atom. The molecule has 2 aromatic carbocycles. The third kappa shape index (κ3) is 5.51. The maximum atomic E-state index is 14.4. The predicted octanol–water partition coefficient (Wildman–Crippen LogP) is 1.54. The first-order valence-corrected chi connectivity index (χ1v) is 15.8. The summed E-state index contributed by atoms with van der Waals surface area (Å²) >= 11 is 0. The molecule has 0 unspecified atom stereocenters. The number of likely N-dealkylation sites (N-methyl/N-ethyl adjacent to an activating group) is 1. The summed E-state index contributed by atoms with van der Waals surface area (Å²) in [5.41, 5.74) is 3.73. The smallest absolute Gasteiger partial charge is 0.255 e. The number of anilines is 1. The average Bonchev–Trinajstić information content (AvgIpc) is 3.00. The van der Waals surface area contributed by atoms with Crippen molar-refractivity contribution in [3.05, 3.63) is 69.7 Å². The molecule has 0 heterocycles. The molecule has 0 aliphatic heterocycles. The molecule has 5 rings (SSSR count). The largest absolute Gasteiger partial charge is 0.510 e. The number of phenolic OH excluding ortho intramolecular Hbond substituents is 1. The number of aliphatic hydroxyl groups excluding tert-OH is 2. The number of primary amides is 1. The molecule has 2 amide bonds. The number of allylic oxidation sites excluding steroid dienone is 1. The molecular weight excluding hydrogens is 618 g/mol. The first kappa shape index (κ1) is 34.6. The van der Waals surface area contributed by atoms with Crippen LogP contribution in [-0.4, -0.2) is 121 Å². The number of nitrogens with zero attached hydrogens (tertiary/aromatic N) is 3. The summed E-state index contributed by atoms with van der Waals surface area (Å²) in [7, 11) is 10.6. The van der Waals surface area contributed by atoms with Crippen LogP contribution in [0.25, 0.3) is 11.1 Å². The Morgan fingerprint density at radius 1 is 1.04 bits per heavy atom. The molecule has 0 fully saturated rings. The van der Waals surface area contributed by atoms with Crippen LogP contribution in [-0.2, 0) is 16.0 Å². The third-order valence-corrected chi connectivity index (χ3v) is 9.68. The maximum absolute atomic E-state index is 14.4. The van der Waals surface area contributed by atoms with Crippen molar-refractivity contribution in [2.75, 3.05) is 60.3 Å². The van der Waals surface area contributed by atoms with Crippen LogP contribution in [0.1, 0.15) is 39.1 Å². The average molecular weight is 662 g/mol. The molecule has 3 aliphatic rings. The zero-order valence-corrected chi connectivity index (χ0v) is 28.0. The van der Waals surface area contributed by atoms with Crippen LogP contribution in [0.15, 0.2) is 53.0 Å². The Balaban J connectivity index is 1.62. The SMILES string of the molecule is CN(C)CCCNC(=O)c1cccc(-c2cc(N(C)C)c3c(c2O)C(=O)C2=C(O)[C@]4(O)C(=O)C(C(N)=O)=C(O)[C@@H](N(C)C)[C@@H]4C[C@@H]2C3)c1. The van der Waals surface area contributed by atoms with Gasteiger partial charge in [-0.1, -0.05) is 12.1 Å². The molecule has 13 heteroatoms. The van der Waals surface area contributed by atoms with Crippen LogP contribution in [0, 0.1) is 11.8 Å². The van der Waals surface area contributed by atoms with E-state index < -0.39 is 58.0 Å². The number of Topliss-reactive ketones (excluding diaryl/α,β-unsaturated/α-hetero) is 2. The third-order valence-electron chi connectivity index (χ3n) is 9.68. The summed E-state index contributed by atoms with van der Waals surface area (Å²) < 4.78 is 0. The summed E-state index contributed by atoms with van der Waals surface area (Å²) in [6.07, 6.45) is 0.915. The molecule has 0 bridgehead atoms. The number of aliphatic hydroxyl groups is 3. The van der Waals surface area contributed by atoms with Crippen LogP contribution >= 0.6 is 0 Å². The van der Waals surface area contributed by atoms with Gasteiger partial charge in [0.15, 0.2) is 11.4 Å². The fourth-order valence-electron chi connectivity index (χ4n) is 7.45. The fourth-order valence-corrected chi connectivity index (χ4v) is 7.45. The zero-order chi connectivity index (χ0) is 35.4. The minimum Gasteiger partial charge on any atom is -0.510 e. The lowest BCUT2D eigenvalue weighted by molar-refractivity contribution is -0.148. The normalized spacial score (nSPS) is 23.6. The molecule has 0 spiro atoms. The molecule has 4 atom stereocenters. The fraction of sp³-hybridized carbons (Fsp3) is 0.429. The molecule has 3 aliphatic carbocycles. The number of aromatic hydroxyl groups is 1. The minimum atomic E-state index is -2.73. The molecule has 0 saturated heterocycles. The van der Waals surface area contributed by atoms with Gasteiger partial charge in [0, 0.05) is 48.9 Å². The van der Waals surface area contributed by atoms with Gasteiger partial charge in [-0.25, -0.2) is 0 Å². The van der Waals surface area contributed by atoms with Crippen LogP contribution in [0.4, 0.5) is 5.69 Å². The minimum absolute atomic E-state index is 0.00710. The quantitative estimate of drug-likeness (QED) is 0.168. The van der Waals surface area contributed by atoms with Crippen molar-refractivity contribution in [2.45, 2.75) is 30.9 Å². The molecule has 13 nitrogen and oxygen atoms in total. The van der Waals surface area contributed by atoms with Crippen LogP contribution in [0.5, 0.6) is 5.75 Å². The topological polar surface area (TPSA) is 197 Å². The number of nitrogens with two attached hydrogens (primary N) is 1. The molecule has 256 valence electrons. The van der Waals surface area contributed by atoms with Gasteiger partial charge in [0.2, 0.25) is 5.78 Å². The molecule has 0 saturated carbocycles. The zero-order valence-electron chi connectivity index (χ0n) is 28.0. The van der Waals surface area contributed by atoms with Crippen molar-refractivity contribution < 1.29 is 39.6 Å². The Kier molecular flexibility index (Phi) is 9.17. The van der Waals surface area contributed by atoms with Crippen molar-refractivity contribution in [2.24, 2.45) is 17.6 Å². The summed E-state index contributed by atoms with van der Waals surface area (Å²) in [5.74, 6) is -7.37. The summed E-state index contributed by atoms with van der Waals surface area (Å²) in [6, 6.07) is 7.32. The van der Waals surface area contributed by atoms with Crippen molar-refractivity contribution in [1.82, 2.24) is 15.1 Å². The number of phenols is 1. The number of amides is 2. The summed E-state index contributed by atoms with van der Waals surface area (Å²) in [4.78, 5) is 58.5. The second-order valence-electron chi connectivity index (χ2n) is 13.5. The highest BCUT2D eigenvalue weighted by Gasteiger charge is 2.63. The summed E-state index contributed by atoms with van der Waals surface area (Å²) in [5, 5.41) is 49.2. The highest BCUT2D eigenvalue weighted by molar-refractivity contribution is 6.25. The molecular formula is C35H43N5O8. The first-order valence-electron chi connectivity index (χ1n) is 15.8. The molecule has 48 heavy (non-hydrogen) atoms. The van der Waals surface area contributed by atoms with E-state index in [0.717, 1.165) is 13.0 Å². The van der Waals surface area contributed by atoms with Crippen molar-refractivity contribution in [3.8, 4) is 16.9 Å². The Labute approximate surface area is 278 Å². The van der Waals surface area contributed by atoms with E-state index in [-0.39, 0.29) is 41.2 Å². The summed E-state index contributed by atoms with van der Waals surface area (Å²) in [6.45, 7) is 1.29. The first-order chi connectivity index (χ1) is 22.5. The van der Waals surface area contributed by atoms with E-state index in [9.17, 15) is 39.6 Å². The Hall–Kier alpha value is -4.72. The van der Waals surface area contributed by atoms with Gasteiger partial charge in [-0.2, -0.15) is 0 Å². The highest BCUT2D eigenvalue weighted by atomic mass is 16.3. The van der Waals surface area contributed by atoms with Gasteiger partial charge in [-0.05, 0) is 89.2 Å². The van der Waals surface area contributed by atoms with E-state index in [2.05, 4.69) is 5.32 Å². The second-order valence-corrected chi connectivity index (χ2v) is 13.5. The lowest BCUT2D eigenvalue weighted by Gasteiger charge is -2.50. The van der Waals surface area contributed by atoms with E-state index in [1.165, 1.54) is 4.90 Å². The highest BCUT2D eigenvalue weighted by Crippen LogP contribution is 2.54. The van der Waals surface area contributed by atoms with Crippen molar-refractivity contribution in [1.29, 1.82) is 0 Å². The van der Waals surface area contributed by atoms with Gasteiger partial charge >= 0.3 is 0 Å². The van der Waals surface area contributed by atoms with E-state index in [4.69, 9.17) is 5.73 Å². The number of ketones is 2. The number of hydrogen-bond acceptors (Lipinski definition) is 11. The van der Waals surface area contributed by atoms with Gasteiger partial charge in [-0.3, -0.25) is 24.1 Å². The lowest BCUT2D eigenvalue weighted by atomic mass is 9.58. The monoisotopic (exact) mass is 661 g/mol. The van der Waals surface area contributed by atoms with Crippen LogP contribution in [0.2, 0.25) is 0 Å². The predicted molar refractivity (Wildman–Crippen MR) is 179 cm³/mol. The van der Waals surface area contributed by atoms with Gasteiger partial charge in [0.1, 0.15) is 22.8 Å². The number of nitrogens with one attached hydrogen (secondary N) is 1. The van der Waals surface area contributed by atoms with Gasteiger partial charge < -0.3 is 41.3 Å². The molecule has 0 radical (unpaired) electrons. The van der Waals surface area contributed by atoms with Crippen LogP contribution in [0.3, 0.4) is 0 Å². The van der Waals surface area contributed by atoms with E-state index in [1.807, 2.05) is 19.0 Å². The van der Waals surface area contributed by atoms with E-state index in [1.54, 1.807) is 63.4 Å². The standard InChI is InChI=1S/C35H43N5O8/c1-38(2)12-8-11-37-34(47)18-10-7-9-17(13-18)20-16-23(39(3)4)21-14-19-15-22-27(40(5)6)30(43)26(33(36)46)32(45)35(22,48)31(44)24(19)29(42)25(21)28(20)41/h7,9-10,13,16,19,22,27,41,43-44,48H,8,11-12,14-15H2,1-6H3,(H2,36,46)(H,37,47)/t19-,22-,27-,35-/m0/s1. The lowest BCUT2D eigenvalue weighted by Crippen LogP contribution is -2.63. The van der Waals surface area contributed by atoms with E-state index in [0.29, 0.717) is 28.9 Å². The molecule has 0 aromatic heterocycles. The number of carbonyl (C=O) groups excluding carboxylic acids is 4. The van der Waals surface area contributed by atoms with Gasteiger partial charge in [0.25, 0.3) is 11.8 Å². The Bertz CT molecular complexity index is 1780. The second kappa shape index (κ2) is 12.7. The van der Waals surface area contributed by atoms with Gasteiger partial charge in [-0.15, -0.1) is 0 Å². The van der Waals surface area contributed by atoms with Gasteiger partial charge in [0.05, 0.1) is 11.6 Å². The van der Waals surface area contributed by atoms with Crippen molar-refractivity contribution >= 4 is 29.1 Å². The number of carbonyl (C=O) groups is 4.